The summed E-state index contributed by atoms with van der Waals surface area (Å²) in [6.07, 6.45) is 4.96. The van der Waals surface area contributed by atoms with E-state index in [2.05, 4.69) is 96.4 Å². The summed E-state index contributed by atoms with van der Waals surface area (Å²) in [7, 11) is 1.97. The van der Waals surface area contributed by atoms with Crippen LogP contribution in [0.2, 0.25) is 0 Å². The fourth-order valence-corrected chi connectivity index (χ4v) is 7.19. The van der Waals surface area contributed by atoms with Gasteiger partial charge >= 0.3 is 6.03 Å². The molecule has 0 bridgehead atoms. The van der Waals surface area contributed by atoms with Crippen molar-refractivity contribution in [1.82, 2.24) is 25.1 Å². The first-order valence-corrected chi connectivity index (χ1v) is 17.6. The van der Waals surface area contributed by atoms with Crippen molar-refractivity contribution >= 4 is 17.4 Å². The van der Waals surface area contributed by atoms with Gasteiger partial charge in [-0.2, -0.15) is 0 Å². The summed E-state index contributed by atoms with van der Waals surface area (Å²) in [6.45, 7) is 2.85. The van der Waals surface area contributed by atoms with Crippen LogP contribution in [-0.2, 0) is 13.5 Å². The maximum absolute atomic E-state index is 12.2. The molecule has 3 heterocycles. The van der Waals surface area contributed by atoms with Crippen LogP contribution >= 0.6 is 11.3 Å². The van der Waals surface area contributed by atoms with E-state index >= 15 is 0 Å². The molecule has 0 atom stereocenters. The van der Waals surface area contributed by atoms with Crippen LogP contribution in [0.25, 0.3) is 49.1 Å². The lowest BCUT2D eigenvalue weighted by molar-refractivity contribution is -0.661. The van der Waals surface area contributed by atoms with Crippen LogP contribution in [0.5, 0.6) is 5.75 Å². The van der Waals surface area contributed by atoms with Gasteiger partial charge in [0, 0.05) is 31.1 Å². The second-order valence-corrected chi connectivity index (χ2v) is 13.1. The van der Waals surface area contributed by atoms with Gasteiger partial charge < -0.3 is 20.7 Å². The summed E-state index contributed by atoms with van der Waals surface area (Å²) in [5, 5.41) is 8.48. The predicted octanol–water partition coefficient (Wildman–Crippen LogP) is 6.51. The average molecular weight is 671 g/mol. The number of ether oxygens (including phenoxy) is 1. The second-order valence-electron chi connectivity index (χ2n) is 12.1. The van der Waals surface area contributed by atoms with Crippen molar-refractivity contribution in [3.8, 4) is 54.8 Å². The Balaban J connectivity index is 1.26. The van der Waals surface area contributed by atoms with Gasteiger partial charge in [-0.05, 0) is 48.2 Å². The molecule has 4 aromatic carbocycles. The Labute approximate surface area is 290 Å². The molecule has 1 aliphatic rings. The van der Waals surface area contributed by atoms with Gasteiger partial charge in [-0.3, -0.25) is 0 Å². The molecule has 0 radical (unpaired) electrons. The lowest BCUT2D eigenvalue weighted by Gasteiger charge is -2.16. The highest BCUT2D eigenvalue weighted by Crippen LogP contribution is 2.43. The Morgan fingerprint density at radius 1 is 0.898 bits per heavy atom. The first kappa shape index (κ1) is 32.2. The Morgan fingerprint density at radius 2 is 1.61 bits per heavy atom. The minimum Gasteiger partial charge on any atom is -0.491 e. The largest absolute Gasteiger partial charge is 0.491 e. The Bertz CT molecular complexity index is 2020. The minimum atomic E-state index is -0.0564. The van der Waals surface area contributed by atoms with Crippen molar-refractivity contribution in [3.05, 3.63) is 115 Å². The number of hydrogen-bond donors (Lipinski definition) is 2. The molecule has 2 aromatic heterocycles. The summed E-state index contributed by atoms with van der Waals surface area (Å²) in [6, 6.07) is 35.5. The molecule has 1 aliphatic heterocycles. The van der Waals surface area contributed by atoms with Gasteiger partial charge in [-0.15, -0.1) is 20.7 Å². The zero-order valence-corrected chi connectivity index (χ0v) is 28.4. The van der Waals surface area contributed by atoms with Crippen molar-refractivity contribution < 1.29 is 14.2 Å². The number of urea groups is 1. The van der Waals surface area contributed by atoms with E-state index in [0.717, 1.165) is 68.5 Å². The number of unbranched alkanes of at least 4 members (excludes halogenated alkanes) is 1. The summed E-state index contributed by atoms with van der Waals surface area (Å²) in [4.78, 5) is 20.4. The molecule has 0 saturated carbocycles. The van der Waals surface area contributed by atoms with E-state index in [1.54, 1.807) is 16.2 Å². The highest BCUT2D eigenvalue weighted by atomic mass is 32.1. The van der Waals surface area contributed by atoms with E-state index in [-0.39, 0.29) is 6.03 Å². The fraction of sp³-hybridized carbons (Fsp3) is 0.231. The second kappa shape index (κ2) is 14.8. The first-order valence-electron chi connectivity index (χ1n) is 16.7. The first-order chi connectivity index (χ1) is 24.1. The van der Waals surface area contributed by atoms with Crippen molar-refractivity contribution in [2.45, 2.75) is 19.3 Å². The molecule has 6 aromatic rings. The number of amides is 2. The van der Waals surface area contributed by atoms with Crippen LogP contribution < -0.4 is 20.5 Å². The monoisotopic (exact) mass is 670 g/mol. The van der Waals surface area contributed by atoms with E-state index in [0.29, 0.717) is 38.5 Å². The normalized spacial score (nSPS) is 12.8. The highest BCUT2D eigenvalue weighted by Gasteiger charge is 2.23. The molecule has 1 fully saturated rings. The Morgan fingerprint density at radius 3 is 2.33 bits per heavy atom. The van der Waals surface area contributed by atoms with Gasteiger partial charge in [0.15, 0.2) is 17.6 Å². The molecule has 0 spiro atoms. The molecule has 0 unspecified atom stereocenters. The van der Waals surface area contributed by atoms with Crippen LogP contribution in [0.3, 0.4) is 0 Å². The topological polar surface area (TPSA) is 102 Å². The number of rotatable bonds is 13. The molecular formula is C39H40N7O2S+. The Kier molecular flexibility index (Phi) is 9.76. The van der Waals surface area contributed by atoms with Crippen LogP contribution in [0.1, 0.15) is 18.5 Å². The molecule has 0 aliphatic carbocycles. The third-order valence-electron chi connectivity index (χ3n) is 8.76. The molecule has 3 N–H and O–H groups in total. The van der Waals surface area contributed by atoms with Crippen molar-refractivity contribution in [1.29, 1.82) is 0 Å². The third-order valence-corrected chi connectivity index (χ3v) is 9.89. The average Bonchev–Trinajstić information content (AvgIpc) is 3.88. The standard InChI is InChI=1S/C39H39N7O2S/c1-44-33(14-8-9-21-40)27-46(43-44)32-19-20-34(35(26-32)48-25-24-45-23-22-41-39(45)47)38-42-36(37(49-38)31-12-6-3-7-13-31)30-17-15-29(16-18-30)28-10-4-2-5-11-28/h2-7,10-13,15-20,26-27H,8-9,14,21-25,40H2,1H3/p+1. The lowest BCUT2D eigenvalue weighted by atomic mass is 10.0. The zero-order chi connectivity index (χ0) is 33.6. The fourth-order valence-electron chi connectivity index (χ4n) is 6.06. The predicted molar refractivity (Wildman–Crippen MR) is 195 cm³/mol. The van der Waals surface area contributed by atoms with Crippen LogP contribution in [0, 0.1) is 0 Å². The third kappa shape index (κ3) is 7.25. The zero-order valence-electron chi connectivity index (χ0n) is 27.6. The number of nitrogens with two attached hydrogens (primary N) is 1. The number of thiazole rings is 1. The maximum Gasteiger partial charge on any atom is 0.317 e. The number of aromatic nitrogens is 4. The Hall–Kier alpha value is -5.32. The quantitative estimate of drug-likeness (QED) is 0.108. The molecule has 9 nitrogen and oxygen atoms in total. The number of carbonyl (C=O) groups is 1. The smallest absolute Gasteiger partial charge is 0.317 e. The highest BCUT2D eigenvalue weighted by molar-refractivity contribution is 7.19. The minimum absolute atomic E-state index is 0.0564. The summed E-state index contributed by atoms with van der Waals surface area (Å²) < 4.78 is 10.3. The van der Waals surface area contributed by atoms with Crippen LogP contribution in [-0.4, -0.2) is 58.6 Å². The maximum atomic E-state index is 12.2. The molecule has 7 rings (SSSR count). The number of aryl methyl sites for hydroxylation is 2. The van der Waals surface area contributed by atoms with Gasteiger partial charge in [0.1, 0.15) is 24.4 Å². The van der Waals surface area contributed by atoms with Gasteiger partial charge in [-0.25, -0.2) is 9.78 Å². The SMILES string of the molecule is Cn1n[n+](-c2ccc(-c3nc(-c4ccc(-c5ccccc5)cc4)c(-c4ccccc4)s3)c(OCCN3CCNC3=O)c2)cc1CCCCN. The lowest BCUT2D eigenvalue weighted by Crippen LogP contribution is -2.33. The molecule has 49 heavy (non-hydrogen) atoms. The van der Waals surface area contributed by atoms with E-state index in [1.807, 2.05) is 34.6 Å². The molecule has 248 valence electrons. The van der Waals surface area contributed by atoms with Gasteiger partial charge in [0.2, 0.25) is 0 Å². The van der Waals surface area contributed by atoms with Gasteiger partial charge in [0.25, 0.3) is 0 Å². The number of hydrogen-bond acceptors (Lipinski definition) is 6. The van der Waals surface area contributed by atoms with Crippen molar-refractivity contribution in [2.75, 3.05) is 32.8 Å². The summed E-state index contributed by atoms with van der Waals surface area (Å²) >= 11 is 1.65. The van der Waals surface area contributed by atoms with Crippen molar-refractivity contribution in [2.24, 2.45) is 12.8 Å². The molecule has 10 heteroatoms. The van der Waals surface area contributed by atoms with Crippen LogP contribution in [0.4, 0.5) is 4.79 Å². The van der Waals surface area contributed by atoms with E-state index in [1.165, 1.54) is 5.56 Å². The van der Waals surface area contributed by atoms with E-state index in [4.69, 9.17) is 20.7 Å². The van der Waals surface area contributed by atoms with Crippen molar-refractivity contribution in [3.63, 3.8) is 0 Å². The molecule has 2 amide bonds. The van der Waals surface area contributed by atoms with E-state index < -0.39 is 0 Å². The number of nitrogens with zero attached hydrogens (tertiary/aromatic N) is 5. The molecular weight excluding hydrogens is 631 g/mol. The number of carbonyl (C=O) groups excluding carboxylic acids is 1. The van der Waals surface area contributed by atoms with Gasteiger partial charge in [0.05, 0.1) is 27.9 Å². The number of benzene rings is 4. The van der Waals surface area contributed by atoms with Crippen LogP contribution in [0.15, 0.2) is 109 Å². The molecule has 1 saturated heterocycles. The number of nitrogens with one attached hydrogen (secondary N) is 1. The van der Waals surface area contributed by atoms with Gasteiger partial charge in [-0.1, -0.05) is 84.9 Å². The summed E-state index contributed by atoms with van der Waals surface area (Å²) in [5.74, 6) is 0.694. The van der Waals surface area contributed by atoms with E-state index in [9.17, 15) is 4.79 Å². The summed E-state index contributed by atoms with van der Waals surface area (Å²) in [5.41, 5.74) is 14.1.